The van der Waals surface area contributed by atoms with Gasteiger partial charge >= 0.3 is 0 Å². The van der Waals surface area contributed by atoms with E-state index in [0.717, 1.165) is 26.9 Å². The summed E-state index contributed by atoms with van der Waals surface area (Å²) in [5.74, 6) is 0.782. The van der Waals surface area contributed by atoms with Crippen LogP contribution in [0, 0.1) is 6.92 Å². The van der Waals surface area contributed by atoms with Crippen LogP contribution in [0.5, 0.6) is 5.75 Å². The Morgan fingerprint density at radius 1 is 1.10 bits per heavy atom. The summed E-state index contributed by atoms with van der Waals surface area (Å²) >= 11 is 3.45. The number of hydrogen-bond acceptors (Lipinski definition) is 2. The van der Waals surface area contributed by atoms with Crippen molar-refractivity contribution in [2.24, 2.45) is 0 Å². The van der Waals surface area contributed by atoms with Crippen LogP contribution in [0.3, 0.4) is 0 Å². The SMILES string of the molecule is Cc1ccc(Br)cc1C(O)c1cccc(OC(C)C)c1. The standard InChI is InChI=1S/C17H19BrO2/c1-11(2)20-15-6-4-5-13(9-15)17(19)16-10-14(18)8-7-12(16)3/h4-11,17,19H,1-3H3. The van der Waals surface area contributed by atoms with E-state index >= 15 is 0 Å². The van der Waals surface area contributed by atoms with E-state index in [4.69, 9.17) is 4.74 Å². The van der Waals surface area contributed by atoms with Gasteiger partial charge in [-0.25, -0.2) is 0 Å². The molecule has 0 aromatic heterocycles. The van der Waals surface area contributed by atoms with Crippen molar-refractivity contribution in [1.29, 1.82) is 0 Å². The Kier molecular flexibility index (Phi) is 4.84. The summed E-state index contributed by atoms with van der Waals surface area (Å²) in [6, 6.07) is 13.5. The third-order valence-electron chi connectivity index (χ3n) is 3.08. The Balaban J connectivity index is 2.33. The maximum atomic E-state index is 10.6. The molecule has 0 radical (unpaired) electrons. The minimum atomic E-state index is -0.650. The monoisotopic (exact) mass is 334 g/mol. The van der Waals surface area contributed by atoms with Crippen LogP contribution < -0.4 is 4.74 Å². The molecule has 0 saturated carbocycles. The van der Waals surface area contributed by atoms with Crippen LogP contribution in [0.1, 0.15) is 36.6 Å². The van der Waals surface area contributed by atoms with E-state index in [2.05, 4.69) is 15.9 Å². The zero-order valence-electron chi connectivity index (χ0n) is 11.9. The maximum Gasteiger partial charge on any atom is 0.120 e. The average Bonchev–Trinajstić information content (AvgIpc) is 2.40. The van der Waals surface area contributed by atoms with Crippen molar-refractivity contribution in [2.75, 3.05) is 0 Å². The maximum absolute atomic E-state index is 10.6. The molecule has 0 aliphatic rings. The van der Waals surface area contributed by atoms with Gasteiger partial charge in [0.2, 0.25) is 0 Å². The van der Waals surface area contributed by atoms with Crippen molar-refractivity contribution in [2.45, 2.75) is 33.0 Å². The quantitative estimate of drug-likeness (QED) is 0.883. The van der Waals surface area contributed by atoms with Crippen molar-refractivity contribution in [1.82, 2.24) is 0 Å². The molecule has 2 nitrogen and oxygen atoms in total. The van der Waals surface area contributed by atoms with Gasteiger partial charge in [-0.05, 0) is 61.7 Å². The highest BCUT2D eigenvalue weighted by Crippen LogP contribution is 2.29. The van der Waals surface area contributed by atoms with Gasteiger partial charge in [0.25, 0.3) is 0 Å². The van der Waals surface area contributed by atoms with Gasteiger partial charge in [-0.1, -0.05) is 34.1 Å². The second-order valence-electron chi connectivity index (χ2n) is 5.14. The Morgan fingerprint density at radius 3 is 2.55 bits per heavy atom. The van der Waals surface area contributed by atoms with Crippen molar-refractivity contribution in [3.05, 3.63) is 63.6 Å². The topological polar surface area (TPSA) is 29.5 Å². The van der Waals surface area contributed by atoms with Crippen molar-refractivity contribution in [3.63, 3.8) is 0 Å². The third-order valence-corrected chi connectivity index (χ3v) is 3.57. The molecule has 1 N–H and O–H groups in total. The largest absolute Gasteiger partial charge is 0.491 e. The van der Waals surface area contributed by atoms with Gasteiger partial charge in [0.05, 0.1) is 6.10 Å². The van der Waals surface area contributed by atoms with E-state index < -0.39 is 6.10 Å². The van der Waals surface area contributed by atoms with Gasteiger partial charge in [-0.3, -0.25) is 0 Å². The average molecular weight is 335 g/mol. The fourth-order valence-electron chi connectivity index (χ4n) is 2.12. The Labute approximate surface area is 128 Å². The Morgan fingerprint density at radius 2 is 1.85 bits per heavy atom. The summed E-state index contributed by atoms with van der Waals surface area (Å²) in [7, 11) is 0. The molecule has 1 atom stereocenters. The fraction of sp³-hybridized carbons (Fsp3) is 0.294. The zero-order chi connectivity index (χ0) is 14.7. The number of benzene rings is 2. The molecule has 0 spiro atoms. The van der Waals surface area contributed by atoms with E-state index in [1.807, 2.05) is 63.2 Å². The first-order valence-electron chi connectivity index (χ1n) is 6.68. The molecule has 0 heterocycles. The molecule has 2 aromatic rings. The minimum absolute atomic E-state index is 0.120. The molecule has 0 amide bonds. The van der Waals surface area contributed by atoms with E-state index in [1.54, 1.807) is 0 Å². The highest BCUT2D eigenvalue weighted by Gasteiger charge is 2.14. The lowest BCUT2D eigenvalue weighted by Gasteiger charge is -2.16. The number of aliphatic hydroxyl groups is 1. The highest BCUT2D eigenvalue weighted by molar-refractivity contribution is 9.10. The van der Waals surface area contributed by atoms with Gasteiger partial charge in [-0.2, -0.15) is 0 Å². The first kappa shape index (κ1) is 15.1. The first-order valence-corrected chi connectivity index (χ1v) is 7.47. The van der Waals surface area contributed by atoms with Crippen LogP contribution in [-0.4, -0.2) is 11.2 Å². The van der Waals surface area contributed by atoms with Crippen LogP contribution >= 0.6 is 15.9 Å². The molecular formula is C17H19BrO2. The van der Waals surface area contributed by atoms with E-state index in [-0.39, 0.29) is 6.10 Å². The van der Waals surface area contributed by atoms with Crippen LogP contribution in [0.25, 0.3) is 0 Å². The van der Waals surface area contributed by atoms with E-state index in [9.17, 15) is 5.11 Å². The van der Waals surface area contributed by atoms with Crippen LogP contribution in [0.2, 0.25) is 0 Å². The second kappa shape index (κ2) is 6.42. The number of aliphatic hydroxyl groups excluding tert-OH is 1. The lowest BCUT2D eigenvalue weighted by Crippen LogP contribution is -2.07. The smallest absolute Gasteiger partial charge is 0.120 e. The molecule has 0 aliphatic heterocycles. The first-order chi connectivity index (χ1) is 9.47. The van der Waals surface area contributed by atoms with Gasteiger partial charge in [0.1, 0.15) is 11.9 Å². The fourth-order valence-corrected chi connectivity index (χ4v) is 2.49. The van der Waals surface area contributed by atoms with Crippen molar-refractivity contribution < 1.29 is 9.84 Å². The highest BCUT2D eigenvalue weighted by atomic mass is 79.9. The van der Waals surface area contributed by atoms with E-state index in [0.29, 0.717) is 0 Å². The molecule has 106 valence electrons. The molecule has 20 heavy (non-hydrogen) atoms. The molecule has 0 bridgehead atoms. The van der Waals surface area contributed by atoms with Crippen LogP contribution in [-0.2, 0) is 0 Å². The molecule has 0 aliphatic carbocycles. The molecule has 1 unspecified atom stereocenters. The predicted molar refractivity (Wildman–Crippen MR) is 85.1 cm³/mol. The number of halogens is 1. The molecule has 3 heteroatoms. The lowest BCUT2D eigenvalue weighted by atomic mass is 9.97. The van der Waals surface area contributed by atoms with Crippen LogP contribution in [0.4, 0.5) is 0 Å². The predicted octanol–water partition coefficient (Wildman–Crippen LogP) is 4.63. The summed E-state index contributed by atoms with van der Waals surface area (Å²) < 4.78 is 6.64. The number of rotatable bonds is 4. The normalized spacial score (nSPS) is 12.5. The van der Waals surface area contributed by atoms with E-state index in [1.165, 1.54) is 0 Å². The van der Waals surface area contributed by atoms with Gasteiger partial charge < -0.3 is 9.84 Å². The summed E-state index contributed by atoms with van der Waals surface area (Å²) in [6.45, 7) is 5.97. The summed E-state index contributed by atoms with van der Waals surface area (Å²) in [6.07, 6.45) is -0.529. The summed E-state index contributed by atoms with van der Waals surface area (Å²) in [4.78, 5) is 0. The molecule has 0 saturated heterocycles. The summed E-state index contributed by atoms with van der Waals surface area (Å²) in [5.41, 5.74) is 2.81. The van der Waals surface area contributed by atoms with Crippen molar-refractivity contribution in [3.8, 4) is 5.75 Å². The number of aryl methyl sites for hydroxylation is 1. The Hall–Kier alpha value is -1.32. The third kappa shape index (κ3) is 3.62. The van der Waals surface area contributed by atoms with Crippen molar-refractivity contribution >= 4 is 15.9 Å². The van der Waals surface area contributed by atoms with Gasteiger partial charge in [0.15, 0.2) is 0 Å². The summed E-state index contributed by atoms with van der Waals surface area (Å²) in [5, 5.41) is 10.6. The molecular weight excluding hydrogens is 316 g/mol. The molecule has 2 rings (SSSR count). The number of hydrogen-bond donors (Lipinski definition) is 1. The zero-order valence-corrected chi connectivity index (χ0v) is 13.5. The molecule has 0 fully saturated rings. The second-order valence-corrected chi connectivity index (χ2v) is 6.06. The van der Waals surface area contributed by atoms with Gasteiger partial charge in [-0.15, -0.1) is 0 Å². The minimum Gasteiger partial charge on any atom is -0.491 e. The van der Waals surface area contributed by atoms with Crippen LogP contribution in [0.15, 0.2) is 46.9 Å². The number of ether oxygens (including phenoxy) is 1. The lowest BCUT2D eigenvalue weighted by molar-refractivity contribution is 0.216. The Bertz CT molecular complexity index is 593. The molecule has 2 aromatic carbocycles. The van der Waals surface area contributed by atoms with Gasteiger partial charge in [0, 0.05) is 4.47 Å².